The van der Waals surface area contributed by atoms with Crippen LogP contribution in [0.4, 0.5) is 0 Å². The molecule has 0 spiro atoms. The molecule has 1 fully saturated rings. The Morgan fingerprint density at radius 2 is 2.14 bits per heavy atom. The topological polar surface area (TPSA) is 76.4 Å². The molecule has 0 aromatic carbocycles. The number of hydrogen-bond acceptors (Lipinski definition) is 4. The van der Waals surface area contributed by atoms with Gasteiger partial charge >= 0.3 is 0 Å². The molecule has 1 aromatic heterocycles. The number of ether oxygens (including phenoxy) is 1. The molecule has 2 N–H and O–H groups in total. The lowest BCUT2D eigenvalue weighted by Crippen LogP contribution is -2.39. The molecule has 1 aromatic rings. The Bertz CT molecular complexity index is 472. The summed E-state index contributed by atoms with van der Waals surface area (Å²) >= 11 is 0. The second kappa shape index (κ2) is 9.98. The van der Waals surface area contributed by atoms with Crippen molar-refractivity contribution in [3.8, 4) is 0 Å². The van der Waals surface area contributed by atoms with E-state index in [0.717, 1.165) is 49.6 Å². The summed E-state index contributed by atoms with van der Waals surface area (Å²) in [5, 5.41) is 14.9. The van der Waals surface area contributed by atoms with Gasteiger partial charge in [-0.1, -0.05) is 0 Å². The molecule has 0 saturated heterocycles. The van der Waals surface area contributed by atoms with Crippen LogP contribution >= 0.6 is 24.0 Å². The summed E-state index contributed by atoms with van der Waals surface area (Å²) in [6, 6.07) is 0. The van der Waals surface area contributed by atoms with Crippen LogP contribution in [-0.4, -0.2) is 47.5 Å². The normalized spacial score (nSPS) is 14.6. The Kier molecular flexibility index (Phi) is 8.69. The molecule has 0 atom stereocenters. The molecule has 1 heterocycles. The van der Waals surface area contributed by atoms with E-state index in [1.807, 2.05) is 18.5 Å². The van der Waals surface area contributed by atoms with Gasteiger partial charge < -0.3 is 19.9 Å². The molecule has 0 radical (unpaired) electrons. The summed E-state index contributed by atoms with van der Waals surface area (Å²) in [7, 11) is 3.68. The first-order chi connectivity index (χ1) is 10.2. The lowest BCUT2D eigenvalue weighted by Gasteiger charge is -2.12. The Balaban J connectivity index is 0.00000242. The smallest absolute Gasteiger partial charge is 0.191 e. The molecule has 8 heteroatoms. The number of rotatable bonds is 8. The summed E-state index contributed by atoms with van der Waals surface area (Å²) in [6.07, 6.45) is 3.61. The van der Waals surface area contributed by atoms with E-state index in [1.165, 1.54) is 12.8 Å². The maximum absolute atomic E-state index is 5.06. The van der Waals surface area contributed by atoms with Crippen molar-refractivity contribution in [1.82, 2.24) is 25.4 Å². The summed E-state index contributed by atoms with van der Waals surface area (Å²) in [5.41, 5.74) is 0. The van der Waals surface area contributed by atoms with E-state index < -0.39 is 0 Å². The quantitative estimate of drug-likeness (QED) is 0.285. The van der Waals surface area contributed by atoms with Gasteiger partial charge in [0, 0.05) is 33.9 Å². The van der Waals surface area contributed by atoms with Crippen LogP contribution in [0.2, 0.25) is 0 Å². The van der Waals surface area contributed by atoms with Gasteiger partial charge in [-0.25, -0.2) is 4.99 Å². The lowest BCUT2D eigenvalue weighted by molar-refractivity contribution is 0.195. The predicted octanol–water partition coefficient (Wildman–Crippen LogP) is 1.22. The fraction of sp³-hybridized carbons (Fsp3) is 0.786. The lowest BCUT2D eigenvalue weighted by atomic mass is 10.4. The van der Waals surface area contributed by atoms with Crippen LogP contribution in [-0.2, 0) is 18.3 Å². The molecular weight excluding hydrogens is 395 g/mol. The van der Waals surface area contributed by atoms with Gasteiger partial charge in [0.25, 0.3) is 0 Å². The highest BCUT2D eigenvalue weighted by Crippen LogP contribution is 2.27. The number of nitrogens with zero attached hydrogens (tertiary/aromatic N) is 4. The van der Waals surface area contributed by atoms with E-state index in [-0.39, 0.29) is 24.0 Å². The summed E-state index contributed by atoms with van der Waals surface area (Å²) in [4.78, 5) is 4.60. The van der Waals surface area contributed by atoms with Gasteiger partial charge in [-0.15, -0.1) is 34.2 Å². The molecule has 2 rings (SSSR count). The molecule has 7 nitrogen and oxygen atoms in total. The largest absolute Gasteiger partial charge is 0.385 e. The Morgan fingerprint density at radius 1 is 1.36 bits per heavy atom. The number of hydrogen-bond donors (Lipinski definition) is 2. The van der Waals surface area contributed by atoms with Gasteiger partial charge in [0.2, 0.25) is 0 Å². The van der Waals surface area contributed by atoms with E-state index in [2.05, 4.69) is 25.8 Å². The number of methoxy groups -OCH3 is 1. The van der Waals surface area contributed by atoms with Gasteiger partial charge in [0.1, 0.15) is 12.4 Å². The van der Waals surface area contributed by atoms with Crippen molar-refractivity contribution in [2.75, 3.05) is 26.8 Å². The number of halogens is 1. The molecule has 1 saturated carbocycles. The maximum Gasteiger partial charge on any atom is 0.191 e. The van der Waals surface area contributed by atoms with Crippen molar-refractivity contribution < 1.29 is 4.74 Å². The Hall–Kier alpha value is -0.900. The highest BCUT2D eigenvalue weighted by molar-refractivity contribution is 14.0. The zero-order chi connectivity index (χ0) is 15.1. The molecule has 0 aliphatic heterocycles. The van der Waals surface area contributed by atoms with Crippen molar-refractivity contribution in [3.05, 3.63) is 11.6 Å². The van der Waals surface area contributed by atoms with E-state index in [0.29, 0.717) is 6.54 Å². The average Bonchev–Trinajstić information content (AvgIpc) is 3.26. The van der Waals surface area contributed by atoms with Crippen molar-refractivity contribution in [2.45, 2.75) is 32.7 Å². The third-order valence-electron chi connectivity index (χ3n) is 3.63. The predicted molar refractivity (Wildman–Crippen MR) is 97.5 cm³/mol. The summed E-state index contributed by atoms with van der Waals surface area (Å²) < 4.78 is 7.02. The van der Waals surface area contributed by atoms with Crippen LogP contribution in [0.1, 0.15) is 30.9 Å². The fourth-order valence-electron chi connectivity index (χ4n) is 1.90. The SMILES string of the molecule is COCCCNC(=NCc1nnc(C)n1C)NCC1CC1.I. The zero-order valence-electron chi connectivity index (χ0n) is 13.6. The molecule has 126 valence electrons. The Morgan fingerprint density at radius 3 is 2.73 bits per heavy atom. The molecule has 22 heavy (non-hydrogen) atoms. The fourth-order valence-corrected chi connectivity index (χ4v) is 1.90. The van der Waals surface area contributed by atoms with Crippen molar-refractivity contribution in [3.63, 3.8) is 0 Å². The van der Waals surface area contributed by atoms with Gasteiger partial charge in [-0.2, -0.15) is 0 Å². The van der Waals surface area contributed by atoms with Crippen molar-refractivity contribution in [1.29, 1.82) is 0 Å². The maximum atomic E-state index is 5.06. The third kappa shape index (κ3) is 6.47. The molecule has 0 amide bonds. The van der Waals surface area contributed by atoms with Crippen LogP contribution < -0.4 is 10.6 Å². The minimum atomic E-state index is 0. The standard InChI is InChI=1S/C14H26N6O.HI/c1-11-18-19-13(20(11)2)10-17-14(15-7-4-8-21-3)16-9-12-5-6-12;/h12H,4-10H2,1-3H3,(H2,15,16,17);1H. The van der Waals surface area contributed by atoms with Gasteiger partial charge in [-0.05, 0) is 32.1 Å². The number of nitrogens with one attached hydrogen (secondary N) is 2. The van der Waals surface area contributed by atoms with Gasteiger partial charge in [-0.3, -0.25) is 0 Å². The second-order valence-corrected chi connectivity index (χ2v) is 5.48. The first kappa shape index (κ1) is 19.1. The van der Waals surface area contributed by atoms with Gasteiger partial charge in [0.05, 0.1) is 0 Å². The molecule has 0 unspecified atom stereocenters. The van der Waals surface area contributed by atoms with Crippen molar-refractivity contribution in [2.24, 2.45) is 18.0 Å². The highest BCUT2D eigenvalue weighted by atomic mass is 127. The van der Waals surface area contributed by atoms with E-state index in [4.69, 9.17) is 4.74 Å². The Labute approximate surface area is 149 Å². The third-order valence-corrected chi connectivity index (χ3v) is 3.63. The van der Waals surface area contributed by atoms with Gasteiger partial charge in [0.15, 0.2) is 11.8 Å². The number of aromatic nitrogens is 3. The second-order valence-electron chi connectivity index (χ2n) is 5.48. The van der Waals surface area contributed by atoms with Crippen molar-refractivity contribution >= 4 is 29.9 Å². The molecule has 1 aliphatic carbocycles. The number of aliphatic imine (C=N–C) groups is 1. The van der Waals surface area contributed by atoms with Crippen LogP contribution in [0.5, 0.6) is 0 Å². The first-order valence-electron chi connectivity index (χ1n) is 7.56. The average molecular weight is 422 g/mol. The highest BCUT2D eigenvalue weighted by Gasteiger charge is 2.21. The molecular formula is C14H27IN6O. The monoisotopic (exact) mass is 422 g/mol. The van der Waals surface area contributed by atoms with E-state index in [9.17, 15) is 0 Å². The minimum absolute atomic E-state index is 0. The zero-order valence-corrected chi connectivity index (χ0v) is 16.0. The molecule has 0 bridgehead atoms. The van der Waals surface area contributed by atoms with Crippen LogP contribution in [0.3, 0.4) is 0 Å². The number of guanidine groups is 1. The van der Waals surface area contributed by atoms with E-state index >= 15 is 0 Å². The van der Waals surface area contributed by atoms with Crippen LogP contribution in [0.25, 0.3) is 0 Å². The number of aryl methyl sites for hydroxylation is 1. The summed E-state index contributed by atoms with van der Waals surface area (Å²) in [6.45, 7) is 5.07. The van der Waals surface area contributed by atoms with Crippen LogP contribution in [0.15, 0.2) is 4.99 Å². The minimum Gasteiger partial charge on any atom is -0.385 e. The van der Waals surface area contributed by atoms with Crippen LogP contribution in [0, 0.1) is 12.8 Å². The summed E-state index contributed by atoms with van der Waals surface area (Å²) in [5.74, 6) is 3.43. The van der Waals surface area contributed by atoms with E-state index in [1.54, 1.807) is 7.11 Å². The molecule has 1 aliphatic rings. The first-order valence-corrected chi connectivity index (χ1v) is 7.56.